The van der Waals surface area contributed by atoms with Crippen LogP contribution < -0.4 is 5.32 Å². The fourth-order valence-electron chi connectivity index (χ4n) is 2.55. The lowest BCUT2D eigenvalue weighted by Gasteiger charge is -2.23. The van der Waals surface area contributed by atoms with Crippen LogP contribution in [0.3, 0.4) is 0 Å². The molecule has 4 nitrogen and oxygen atoms in total. The van der Waals surface area contributed by atoms with Crippen molar-refractivity contribution in [3.05, 3.63) is 52.5 Å². The van der Waals surface area contributed by atoms with Gasteiger partial charge in [-0.25, -0.2) is 0 Å². The van der Waals surface area contributed by atoms with Crippen LogP contribution in [0.4, 0.5) is 0 Å². The molecule has 0 aliphatic carbocycles. The molecule has 3 rings (SSSR count). The van der Waals surface area contributed by atoms with Crippen molar-refractivity contribution in [2.75, 3.05) is 0 Å². The van der Waals surface area contributed by atoms with Crippen molar-refractivity contribution in [1.82, 2.24) is 15.1 Å². The molecule has 1 N–H and O–H groups in total. The summed E-state index contributed by atoms with van der Waals surface area (Å²) in [6.07, 6.45) is 0.893. The van der Waals surface area contributed by atoms with Crippen LogP contribution in [0.15, 0.2) is 36.4 Å². The van der Waals surface area contributed by atoms with E-state index < -0.39 is 0 Å². The summed E-state index contributed by atoms with van der Waals surface area (Å²) >= 11 is 1.51. The van der Waals surface area contributed by atoms with Crippen molar-refractivity contribution in [1.29, 1.82) is 0 Å². The standard InChI is InChI=1S/C19H23N3OS/c1-5-19(3,4)20-17(23)16-11-15-13(2)21-22(18(15)24-16)12-14-9-7-6-8-10-14/h6-11H,5,12H2,1-4H3,(H,20,23). The molecule has 0 fully saturated rings. The first-order valence-corrected chi connectivity index (χ1v) is 9.04. The third kappa shape index (κ3) is 3.36. The van der Waals surface area contributed by atoms with Crippen LogP contribution in [0, 0.1) is 6.92 Å². The Morgan fingerprint density at radius 2 is 2.00 bits per heavy atom. The molecular weight excluding hydrogens is 318 g/mol. The molecule has 0 aliphatic rings. The van der Waals surface area contributed by atoms with Crippen molar-refractivity contribution in [2.24, 2.45) is 0 Å². The Bertz CT molecular complexity index is 862. The zero-order valence-corrected chi connectivity index (χ0v) is 15.4. The highest BCUT2D eigenvalue weighted by Gasteiger charge is 2.22. The molecule has 2 heterocycles. The summed E-state index contributed by atoms with van der Waals surface area (Å²) in [6, 6.07) is 12.2. The second kappa shape index (κ2) is 6.40. The Hall–Kier alpha value is -2.14. The summed E-state index contributed by atoms with van der Waals surface area (Å²) in [6.45, 7) is 8.87. The number of aromatic nitrogens is 2. The highest BCUT2D eigenvalue weighted by molar-refractivity contribution is 7.20. The summed E-state index contributed by atoms with van der Waals surface area (Å²) in [7, 11) is 0. The van der Waals surface area contributed by atoms with Crippen molar-refractivity contribution in [3.63, 3.8) is 0 Å². The number of rotatable bonds is 5. The third-order valence-corrected chi connectivity index (χ3v) is 5.49. The van der Waals surface area contributed by atoms with Crippen molar-refractivity contribution >= 4 is 27.5 Å². The molecule has 0 saturated carbocycles. The summed E-state index contributed by atoms with van der Waals surface area (Å²) in [5.74, 6) is -0.00582. The van der Waals surface area contributed by atoms with Gasteiger partial charge >= 0.3 is 0 Å². The zero-order chi connectivity index (χ0) is 17.3. The predicted molar refractivity (Wildman–Crippen MR) is 99.7 cm³/mol. The molecule has 0 aliphatic heterocycles. The number of aryl methyl sites for hydroxylation is 1. The Balaban J connectivity index is 1.91. The Morgan fingerprint density at radius 1 is 1.29 bits per heavy atom. The predicted octanol–water partition coefficient (Wildman–Crippen LogP) is 4.37. The van der Waals surface area contributed by atoms with Gasteiger partial charge in [0.25, 0.3) is 5.91 Å². The van der Waals surface area contributed by atoms with Gasteiger partial charge in [0.1, 0.15) is 4.83 Å². The van der Waals surface area contributed by atoms with E-state index >= 15 is 0 Å². The van der Waals surface area contributed by atoms with E-state index in [2.05, 4.69) is 29.5 Å². The number of carbonyl (C=O) groups excluding carboxylic acids is 1. The van der Waals surface area contributed by atoms with Gasteiger partial charge in [-0.1, -0.05) is 37.3 Å². The number of hydrogen-bond acceptors (Lipinski definition) is 3. The van der Waals surface area contributed by atoms with E-state index in [9.17, 15) is 4.79 Å². The molecule has 0 unspecified atom stereocenters. The van der Waals surface area contributed by atoms with Crippen molar-refractivity contribution in [3.8, 4) is 0 Å². The number of thiophene rings is 1. The molecule has 0 saturated heterocycles. The largest absolute Gasteiger partial charge is 0.346 e. The maximum absolute atomic E-state index is 12.5. The lowest BCUT2D eigenvalue weighted by atomic mass is 10.0. The fraction of sp³-hybridized carbons (Fsp3) is 0.368. The highest BCUT2D eigenvalue weighted by atomic mass is 32.1. The molecule has 126 valence electrons. The van der Waals surface area contributed by atoms with Gasteiger partial charge in [0.2, 0.25) is 0 Å². The lowest BCUT2D eigenvalue weighted by Crippen LogP contribution is -2.42. The minimum atomic E-state index is -0.196. The lowest BCUT2D eigenvalue weighted by molar-refractivity contribution is 0.0915. The number of carbonyl (C=O) groups is 1. The normalized spacial score (nSPS) is 11.8. The van der Waals surface area contributed by atoms with Gasteiger partial charge in [-0.3, -0.25) is 9.48 Å². The number of hydrogen-bond donors (Lipinski definition) is 1. The molecule has 1 aromatic carbocycles. The Labute approximate surface area is 146 Å². The molecular formula is C19H23N3OS. The number of nitrogens with one attached hydrogen (secondary N) is 1. The smallest absolute Gasteiger partial charge is 0.261 e. The van der Waals surface area contributed by atoms with Gasteiger partial charge in [0.05, 0.1) is 17.1 Å². The number of fused-ring (bicyclic) bond motifs is 1. The van der Waals surface area contributed by atoms with Crippen LogP contribution in [-0.4, -0.2) is 21.2 Å². The van der Waals surface area contributed by atoms with E-state index in [1.165, 1.54) is 16.9 Å². The van der Waals surface area contributed by atoms with Crippen LogP contribution in [0.5, 0.6) is 0 Å². The first-order valence-electron chi connectivity index (χ1n) is 8.23. The molecule has 24 heavy (non-hydrogen) atoms. The first-order chi connectivity index (χ1) is 11.4. The minimum absolute atomic E-state index is 0.00582. The Morgan fingerprint density at radius 3 is 2.67 bits per heavy atom. The average molecular weight is 341 g/mol. The maximum Gasteiger partial charge on any atom is 0.261 e. The van der Waals surface area contributed by atoms with Crippen molar-refractivity contribution in [2.45, 2.75) is 46.2 Å². The van der Waals surface area contributed by atoms with E-state index in [4.69, 9.17) is 0 Å². The first kappa shape index (κ1) is 16.7. The topological polar surface area (TPSA) is 46.9 Å². The van der Waals surface area contributed by atoms with Crippen LogP contribution >= 0.6 is 11.3 Å². The molecule has 0 radical (unpaired) electrons. The molecule has 3 aromatic rings. The van der Waals surface area contributed by atoms with E-state index in [0.29, 0.717) is 6.54 Å². The number of benzene rings is 1. The Kier molecular flexibility index (Phi) is 4.45. The number of nitrogens with zero attached hydrogens (tertiary/aromatic N) is 2. The maximum atomic E-state index is 12.5. The van der Waals surface area contributed by atoms with Gasteiger partial charge < -0.3 is 5.32 Å². The van der Waals surface area contributed by atoms with Crippen molar-refractivity contribution < 1.29 is 4.79 Å². The van der Waals surface area contributed by atoms with Crippen LogP contribution in [0.25, 0.3) is 10.2 Å². The third-order valence-electron chi connectivity index (χ3n) is 4.34. The summed E-state index contributed by atoms with van der Waals surface area (Å²) in [5, 5.41) is 8.80. The quantitative estimate of drug-likeness (QED) is 0.749. The van der Waals surface area contributed by atoms with E-state index in [1.807, 2.05) is 49.7 Å². The summed E-state index contributed by atoms with van der Waals surface area (Å²) in [5.41, 5.74) is 1.97. The molecule has 1 amide bonds. The van der Waals surface area contributed by atoms with Crippen LogP contribution in [-0.2, 0) is 6.54 Å². The second-order valence-electron chi connectivity index (χ2n) is 6.75. The van der Waals surface area contributed by atoms with Gasteiger partial charge in [-0.05, 0) is 38.8 Å². The van der Waals surface area contributed by atoms with Gasteiger partial charge in [0.15, 0.2) is 0 Å². The summed E-state index contributed by atoms with van der Waals surface area (Å²) < 4.78 is 1.99. The van der Waals surface area contributed by atoms with Gasteiger partial charge in [-0.2, -0.15) is 5.10 Å². The average Bonchev–Trinajstić information content (AvgIpc) is 3.10. The fourth-order valence-corrected chi connectivity index (χ4v) is 3.60. The second-order valence-corrected chi connectivity index (χ2v) is 7.78. The molecule has 5 heteroatoms. The van der Waals surface area contributed by atoms with E-state index in [0.717, 1.165) is 27.2 Å². The number of amides is 1. The molecule has 0 spiro atoms. The monoisotopic (exact) mass is 341 g/mol. The minimum Gasteiger partial charge on any atom is -0.346 e. The van der Waals surface area contributed by atoms with Crippen LogP contribution in [0.2, 0.25) is 0 Å². The van der Waals surface area contributed by atoms with E-state index in [-0.39, 0.29) is 11.4 Å². The summed E-state index contributed by atoms with van der Waals surface area (Å²) in [4.78, 5) is 14.3. The SMILES string of the molecule is CCC(C)(C)NC(=O)c1cc2c(C)nn(Cc3ccccc3)c2s1. The van der Waals surface area contributed by atoms with E-state index in [1.54, 1.807) is 0 Å². The molecule has 2 aromatic heterocycles. The zero-order valence-electron chi connectivity index (χ0n) is 14.6. The van der Waals surface area contributed by atoms with Crippen LogP contribution in [0.1, 0.15) is 48.1 Å². The molecule has 0 bridgehead atoms. The van der Waals surface area contributed by atoms with Gasteiger partial charge in [0, 0.05) is 10.9 Å². The molecule has 0 atom stereocenters. The van der Waals surface area contributed by atoms with Gasteiger partial charge in [-0.15, -0.1) is 11.3 Å². The highest BCUT2D eigenvalue weighted by Crippen LogP contribution is 2.29.